The maximum absolute atomic E-state index is 12.6. The summed E-state index contributed by atoms with van der Waals surface area (Å²) < 4.78 is 5.09. The molecule has 0 atom stereocenters. The van der Waals surface area contributed by atoms with E-state index in [1.807, 2.05) is 12.1 Å². The summed E-state index contributed by atoms with van der Waals surface area (Å²) in [5.74, 6) is 0.646. The molecule has 1 saturated carbocycles. The molecule has 2 rings (SSSR count). The molecule has 1 aliphatic rings. The molecule has 21 heavy (non-hydrogen) atoms. The Hall–Kier alpha value is -1.62. The van der Waals surface area contributed by atoms with E-state index in [1.54, 1.807) is 13.3 Å². The van der Waals surface area contributed by atoms with Crippen LogP contribution in [0.1, 0.15) is 44.1 Å². The summed E-state index contributed by atoms with van der Waals surface area (Å²) >= 11 is 0. The largest absolute Gasteiger partial charge is 0.481 e. The molecule has 0 aliphatic heterocycles. The second-order valence-corrected chi connectivity index (χ2v) is 5.79. The van der Waals surface area contributed by atoms with Crippen LogP contribution in [-0.4, -0.2) is 24.5 Å². The Kier molecular flexibility index (Phi) is 5.56. The van der Waals surface area contributed by atoms with Crippen molar-refractivity contribution in [2.75, 3.05) is 13.7 Å². The number of carbonyl (C=O) groups is 1. The number of nitrogens with zero attached hydrogens (tertiary/aromatic N) is 1. The molecule has 116 valence electrons. The minimum atomic E-state index is -0.381. The fourth-order valence-corrected chi connectivity index (χ4v) is 2.97. The average molecular weight is 291 g/mol. The molecule has 1 aliphatic carbocycles. The lowest BCUT2D eigenvalue weighted by atomic mass is 9.79. The fourth-order valence-electron chi connectivity index (χ4n) is 2.97. The lowest BCUT2D eigenvalue weighted by molar-refractivity contribution is -0.131. The maximum Gasteiger partial charge on any atom is 0.227 e. The third kappa shape index (κ3) is 3.94. The average Bonchev–Trinajstić information content (AvgIpc) is 2.79. The smallest absolute Gasteiger partial charge is 0.227 e. The Morgan fingerprint density at radius 2 is 2.10 bits per heavy atom. The molecule has 3 N–H and O–H groups in total. The third-order valence-electron chi connectivity index (χ3n) is 4.39. The van der Waals surface area contributed by atoms with E-state index >= 15 is 0 Å². The second kappa shape index (κ2) is 7.41. The molecule has 5 nitrogen and oxygen atoms in total. The van der Waals surface area contributed by atoms with E-state index in [1.165, 1.54) is 12.8 Å². The Labute approximate surface area is 126 Å². The van der Waals surface area contributed by atoms with Gasteiger partial charge in [-0.15, -0.1) is 0 Å². The second-order valence-electron chi connectivity index (χ2n) is 5.79. The first kappa shape index (κ1) is 15.8. The minimum Gasteiger partial charge on any atom is -0.481 e. The molecule has 1 aromatic heterocycles. The van der Waals surface area contributed by atoms with Crippen molar-refractivity contribution in [3.8, 4) is 5.88 Å². The molecular weight excluding hydrogens is 266 g/mol. The molecule has 1 aromatic rings. The quantitative estimate of drug-likeness (QED) is 0.814. The van der Waals surface area contributed by atoms with E-state index in [4.69, 9.17) is 10.5 Å². The van der Waals surface area contributed by atoms with Gasteiger partial charge in [0.2, 0.25) is 11.8 Å². The van der Waals surface area contributed by atoms with Gasteiger partial charge in [0.15, 0.2) is 0 Å². The summed E-state index contributed by atoms with van der Waals surface area (Å²) in [6.45, 7) is 0.915. The summed E-state index contributed by atoms with van der Waals surface area (Å²) in [6, 6.07) is 3.72. The van der Waals surface area contributed by atoms with Crippen LogP contribution in [0, 0.1) is 5.41 Å². The van der Waals surface area contributed by atoms with Crippen LogP contribution in [0.15, 0.2) is 18.3 Å². The van der Waals surface area contributed by atoms with E-state index in [0.717, 1.165) is 31.2 Å². The van der Waals surface area contributed by atoms with Gasteiger partial charge in [-0.05, 0) is 24.5 Å². The lowest BCUT2D eigenvalue weighted by Gasteiger charge is -2.29. The molecule has 0 radical (unpaired) electrons. The highest BCUT2D eigenvalue weighted by atomic mass is 16.5. The number of carbonyl (C=O) groups excluding carboxylic acids is 1. The molecule has 0 spiro atoms. The SMILES string of the molecule is COc1cc(CNC(=O)C2(CN)CCCCCC2)ccn1. The normalized spacial score (nSPS) is 17.8. The zero-order valence-electron chi connectivity index (χ0n) is 12.7. The van der Waals surface area contributed by atoms with Gasteiger partial charge in [0.1, 0.15) is 0 Å². The Morgan fingerprint density at radius 3 is 2.71 bits per heavy atom. The van der Waals surface area contributed by atoms with Crippen molar-refractivity contribution >= 4 is 5.91 Å². The van der Waals surface area contributed by atoms with Crippen LogP contribution in [-0.2, 0) is 11.3 Å². The first-order valence-electron chi connectivity index (χ1n) is 7.67. The number of amides is 1. The molecule has 0 unspecified atom stereocenters. The summed E-state index contributed by atoms with van der Waals surface area (Å²) in [7, 11) is 1.58. The summed E-state index contributed by atoms with van der Waals surface area (Å²) in [6.07, 6.45) is 8.07. The van der Waals surface area contributed by atoms with Crippen LogP contribution >= 0.6 is 0 Å². The van der Waals surface area contributed by atoms with Gasteiger partial charge in [0.25, 0.3) is 0 Å². The highest BCUT2D eigenvalue weighted by molar-refractivity contribution is 5.82. The van der Waals surface area contributed by atoms with Crippen LogP contribution < -0.4 is 15.8 Å². The van der Waals surface area contributed by atoms with Crippen molar-refractivity contribution in [3.63, 3.8) is 0 Å². The van der Waals surface area contributed by atoms with E-state index in [2.05, 4.69) is 10.3 Å². The Morgan fingerprint density at radius 1 is 1.38 bits per heavy atom. The zero-order chi connectivity index (χ0) is 15.1. The molecular formula is C16H25N3O2. The highest BCUT2D eigenvalue weighted by Crippen LogP contribution is 2.34. The number of methoxy groups -OCH3 is 1. The van der Waals surface area contributed by atoms with Crippen LogP contribution in [0.3, 0.4) is 0 Å². The number of nitrogens with one attached hydrogen (secondary N) is 1. The monoisotopic (exact) mass is 291 g/mol. The lowest BCUT2D eigenvalue weighted by Crippen LogP contribution is -2.45. The number of rotatable bonds is 5. The molecule has 1 fully saturated rings. The van der Waals surface area contributed by atoms with Gasteiger partial charge < -0.3 is 15.8 Å². The fraction of sp³-hybridized carbons (Fsp3) is 0.625. The van der Waals surface area contributed by atoms with Gasteiger partial charge in [0.05, 0.1) is 12.5 Å². The molecule has 0 saturated heterocycles. The van der Waals surface area contributed by atoms with Gasteiger partial charge in [-0.1, -0.05) is 25.7 Å². The predicted molar refractivity (Wildman–Crippen MR) is 81.8 cm³/mol. The van der Waals surface area contributed by atoms with Gasteiger partial charge in [-0.3, -0.25) is 4.79 Å². The van der Waals surface area contributed by atoms with Crippen LogP contribution in [0.4, 0.5) is 0 Å². The molecule has 0 bridgehead atoms. The first-order valence-corrected chi connectivity index (χ1v) is 7.67. The van der Waals surface area contributed by atoms with Crippen LogP contribution in [0.25, 0.3) is 0 Å². The van der Waals surface area contributed by atoms with Gasteiger partial charge >= 0.3 is 0 Å². The predicted octanol–water partition coefficient (Wildman–Crippen LogP) is 2.01. The Bertz CT molecular complexity index is 468. The van der Waals surface area contributed by atoms with Gasteiger partial charge in [-0.2, -0.15) is 0 Å². The van der Waals surface area contributed by atoms with Crippen LogP contribution in [0.2, 0.25) is 0 Å². The number of ether oxygens (including phenoxy) is 1. The van der Waals surface area contributed by atoms with Crippen molar-refractivity contribution in [3.05, 3.63) is 23.9 Å². The van der Waals surface area contributed by atoms with Crippen LogP contribution in [0.5, 0.6) is 5.88 Å². The summed E-state index contributed by atoms with van der Waals surface area (Å²) in [5, 5.41) is 3.04. The Balaban J connectivity index is 1.98. The van der Waals surface area contributed by atoms with Crippen molar-refractivity contribution in [2.24, 2.45) is 11.1 Å². The van der Waals surface area contributed by atoms with E-state index in [-0.39, 0.29) is 11.3 Å². The van der Waals surface area contributed by atoms with Crippen molar-refractivity contribution in [2.45, 2.75) is 45.1 Å². The number of pyridine rings is 1. The number of hydrogen-bond acceptors (Lipinski definition) is 4. The summed E-state index contributed by atoms with van der Waals surface area (Å²) in [5.41, 5.74) is 6.53. The molecule has 1 heterocycles. The van der Waals surface area contributed by atoms with E-state index in [0.29, 0.717) is 19.0 Å². The standard InChI is InChI=1S/C16H25N3O2/c1-21-14-10-13(6-9-18-14)11-19-15(20)16(12-17)7-4-2-3-5-8-16/h6,9-10H,2-5,7-8,11-12,17H2,1H3,(H,19,20). The van der Waals surface area contributed by atoms with Gasteiger partial charge in [0, 0.05) is 25.4 Å². The number of hydrogen-bond donors (Lipinski definition) is 2. The van der Waals surface area contributed by atoms with Crippen molar-refractivity contribution < 1.29 is 9.53 Å². The third-order valence-corrected chi connectivity index (χ3v) is 4.39. The first-order chi connectivity index (χ1) is 10.2. The van der Waals surface area contributed by atoms with E-state index < -0.39 is 0 Å². The molecule has 1 amide bonds. The number of nitrogens with two attached hydrogens (primary N) is 1. The van der Waals surface area contributed by atoms with Gasteiger partial charge in [-0.25, -0.2) is 4.98 Å². The minimum absolute atomic E-state index is 0.0858. The number of aromatic nitrogens is 1. The van der Waals surface area contributed by atoms with Crippen molar-refractivity contribution in [1.29, 1.82) is 0 Å². The maximum atomic E-state index is 12.6. The topological polar surface area (TPSA) is 77.2 Å². The van der Waals surface area contributed by atoms with E-state index in [9.17, 15) is 4.79 Å². The zero-order valence-corrected chi connectivity index (χ0v) is 12.7. The summed E-state index contributed by atoms with van der Waals surface area (Å²) in [4.78, 5) is 16.7. The highest BCUT2D eigenvalue weighted by Gasteiger charge is 2.36. The molecule has 5 heteroatoms. The molecule has 0 aromatic carbocycles. The van der Waals surface area contributed by atoms with Crippen molar-refractivity contribution in [1.82, 2.24) is 10.3 Å².